The lowest BCUT2D eigenvalue weighted by atomic mass is 9.89. The van der Waals surface area contributed by atoms with Gasteiger partial charge in [-0.15, -0.1) is 0 Å². The minimum absolute atomic E-state index is 0.0623. The maximum absolute atomic E-state index is 12.8. The molecule has 0 fully saturated rings. The van der Waals surface area contributed by atoms with Gasteiger partial charge in [-0.3, -0.25) is 4.79 Å². The van der Waals surface area contributed by atoms with Crippen LogP contribution in [0.4, 0.5) is 0 Å². The summed E-state index contributed by atoms with van der Waals surface area (Å²) < 4.78 is 17.4. The van der Waals surface area contributed by atoms with Crippen molar-refractivity contribution in [2.75, 3.05) is 6.61 Å². The fourth-order valence-corrected chi connectivity index (χ4v) is 2.71. The first-order chi connectivity index (χ1) is 11.7. The Morgan fingerprint density at radius 2 is 2.00 bits per heavy atom. The van der Waals surface area contributed by atoms with Crippen molar-refractivity contribution in [3.63, 3.8) is 0 Å². The van der Waals surface area contributed by atoms with E-state index in [-0.39, 0.29) is 23.6 Å². The first-order valence-corrected chi connectivity index (χ1v) is 8.36. The molecule has 0 bridgehead atoms. The lowest BCUT2D eigenvalue weighted by Gasteiger charge is -2.31. The molecule has 4 heteroatoms. The largest absolute Gasteiger partial charge is 0.494 e. The van der Waals surface area contributed by atoms with Crippen LogP contribution in [0, 0.1) is 5.92 Å². The van der Waals surface area contributed by atoms with Gasteiger partial charge in [0.25, 0.3) is 0 Å². The molecular formula is C20H22O4. The van der Waals surface area contributed by atoms with E-state index in [9.17, 15) is 4.79 Å². The Kier molecular flexibility index (Phi) is 5.04. The van der Waals surface area contributed by atoms with Gasteiger partial charge in [0.05, 0.1) is 12.5 Å². The molecule has 2 aliphatic rings. The zero-order valence-electron chi connectivity index (χ0n) is 14.0. The molecular weight excluding hydrogens is 304 g/mol. The maximum atomic E-state index is 12.8. The van der Waals surface area contributed by atoms with Crippen LogP contribution < -0.4 is 4.74 Å². The third-order valence-corrected chi connectivity index (χ3v) is 4.04. The highest BCUT2D eigenvalue weighted by Gasteiger charge is 2.38. The van der Waals surface area contributed by atoms with Crippen LogP contribution in [0.5, 0.6) is 5.75 Å². The van der Waals surface area contributed by atoms with Crippen LogP contribution in [0.15, 0.2) is 65.8 Å². The number of Topliss-reactive ketones (excluding diaryl/α,β-unsaturated/α-hetero) is 1. The number of ether oxygens (including phenoxy) is 3. The zero-order chi connectivity index (χ0) is 16.9. The van der Waals surface area contributed by atoms with Crippen molar-refractivity contribution in [3.05, 3.63) is 65.8 Å². The van der Waals surface area contributed by atoms with Crippen LogP contribution in [0.25, 0.3) is 0 Å². The van der Waals surface area contributed by atoms with E-state index in [2.05, 4.69) is 6.92 Å². The molecule has 24 heavy (non-hydrogen) atoms. The molecule has 0 saturated heterocycles. The topological polar surface area (TPSA) is 44.8 Å². The summed E-state index contributed by atoms with van der Waals surface area (Å²) in [5.74, 6) is 1.73. The van der Waals surface area contributed by atoms with Gasteiger partial charge in [0.2, 0.25) is 11.5 Å². The van der Waals surface area contributed by atoms with Gasteiger partial charge >= 0.3 is 0 Å². The molecule has 1 aromatic rings. The minimum Gasteiger partial charge on any atom is -0.494 e. The first-order valence-electron chi connectivity index (χ1n) is 8.36. The van der Waals surface area contributed by atoms with Crippen LogP contribution in [0.1, 0.15) is 26.7 Å². The summed E-state index contributed by atoms with van der Waals surface area (Å²) in [4.78, 5) is 12.8. The van der Waals surface area contributed by atoms with E-state index < -0.39 is 0 Å². The molecule has 3 rings (SSSR count). The molecule has 1 aliphatic carbocycles. The summed E-state index contributed by atoms with van der Waals surface area (Å²) in [7, 11) is 0. The zero-order valence-corrected chi connectivity index (χ0v) is 14.0. The molecule has 0 spiro atoms. The number of hydrogen-bond acceptors (Lipinski definition) is 4. The molecule has 0 aromatic heterocycles. The lowest BCUT2D eigenvalue weighted by Crippen LogP contribution is -2.37. The van der Waals surface area contributed by atoms with Gasteiger partial charge in [-0.25, -0.2) is 0 Å². The highest BCUT2D eigenvalue weighted by Crippen LogP contribution is 2.32. The lowest BCUT2D eigenvalue weighted by molar-refractivity contribution is -0.125. The van der Waals surface area contributed by atoms with Gasteiger partial charge < -0.3 is 14.2 Å². The van der Waals surface area contributed by atoms with Crippen molar-refractivity contribution < 1.29 is 19.0 Å². The Morgan fingerprint density at radius 1 is 1.21 bits per heavy atom. The minimum atomic E-state index is -0.370. The average Bonchev–Trinajstić information content (AvgIpc) is 2.59. The van der Waals surface area contributed by atoms with E-state index in [0.717, 1.165) is 18.6 Å². The number of carbonyl (C=O) groups is 1. The molecule has 4 nitrogen and oxygen atoms in total. The molecule has 2 unspecified atom stereocenters. The Bertz CT molecular complexity index is 685. The predicted octanol–water partition coefficient (Wildman–Crippen LogP) is 4.15. The normalized spacial score (nSPS) is 22.6. The number of rotatable bonds is 6. The number of para-hydroxylation sites is 1. The number of unbranched alkanes of at least 4 members (excludes halogenated alkanes) is 1. The first kappa shape index (κ1) is 16.4. The highest BCUT2D eigenvalue weighted by atomic mass is 16.5. The maximum Gasteiger partial charge on any atom is 0.212 e. The summed E-state index contributed by atoms with van der Waals surface area (Å²) in [6.45, 7) is 4.56. The van der Waals surface area contributed by atoms with E-state index in [1.54, 1.807) is 6.92 Å². The van der Waals surface area contributed by atoms with Crippen LogP contribution in [-0.2, 0) is 14.3 Å². The van der Waals surface area contributed by atoms with Crippen molar-refractivity contribution in [2.45, 2.75) is 32.8 Å². The Hall–Kier alpha value is -2.49. The molecule has 0 radical (unpaired) electrons. The van der Waals surface area contributed by atoms with E-state index in [4.69, 9.17) is 14.2 Å². The molecule has 1 aliphatic heterocycles. The van der Waals surface area contributed by atoms with E-state index in [1.165, 1.54) is 0 Å². The van der Waals surface area contributed by atoms with Crippen LogP contribution in [-0.4, -0.2) is 18.5 Å². The summed E-state index contributed by atoms with van der Waals surface area (Å²) in [5.41, 5.74) is 0. The second-order valence-electron chi connectivity index (χ2n) is 5.90. The van der Waals surface area contributed by atoms with Gasteiger partial charge in [0, 0.05) is 0 Å². The van der Waals surface area contributed by atoms with Crippen LogP contribution in [0.3, 0.4) is 0 Å². The molecule has 0 amide bonds. The Morgan fingerprint density at radius 3 is 2.75 bits per heavy atom. The average molecular weight is 326 g/mol. The van der Waals surface area contributed by atoms with E-state index in [0.29, 0.717) is 18.1 Å². The molecule has 1 aromatic carbocycles. The van der Waals surface area contributed by atoms with Gasteiger partial charge in [-0.1, -0.05) is 37.6 Å². The fourth-order valence-electron chi connectivity index (χ4n) is 2.71. The van der Waals surface area contributed by atoms with Crippen LogP contribution >= 0.6 is 0 Å². The van der Waals surface area contributed by atoms with Gasteiger partial charge in [0.15, 0.2) is 0 Å². The number of ketones is 1. The van der Waals surface area contributed by atoms with Crippen LogP contribution in [0.2, 0.25) is 0 Å². The molecule has 1 heterocycles. The summed E-state index contributed by atoms with van der Waals surface area (Å²) >= 11 is 0. The van der Waals surface area contributed by atoms with Crippen molar-refractivity contribution in [3.8, 4) is 5.75 Å². The number of benzene rings is 1. The van der Waals surface area contributed by atoms with Crippen molar-refractivity contribution in [1.82, 2.24) is 0 Å². The van der Waals surface area contributed by atoms with Crippen molar-refractivity contribution in [1.29, 1.82) is 0 Å². The summed E-state index contributed by atoms with van der Waals surface area (Å²) in [6.07, 6.45) is 7.32. The SMILES string of the molecule is CCCCOC1=CC2OC(C)=C(Oc3ccccc3)C(=O)C2C=C1. The van der Waals surface area contributed by atoms with Crippen molar-refractivity contribution >= 4 is 5.78 Å². The number of hydrogen-bond donors (Lipinski definition) is 0. The van der Waals surface area contributed by atoms with E-state index >= 15 is 0 Å². The second kappa shape index (κ2) is 7.39. The molecule has 0 N–H and O–H groups in total. The monoisotopic (exact) mass is 326 g/mol. The van der Waals surface area contributed by atoms with Gasteiger partial charge in [-0.2, -0.15) is 0 Å². The number of carbonyl (C=O) groups excluding carboxylic acids is 1. The Balaban J connectivity index is 1.74. The quantitative estimate of drug-likeness (QED) is 0.737. The fraction of sp³-hybridized carbons (Fsp3) is 0.350. The number of allylic oxidation sites excluding steroid dienone is 3. The number of fused-ring (bicyclic) bond motifs is 1. The third-order valence-electron chi connectivity index (χ3n) is 4.04. The van der Waals surface area contributed by atoms with E-state index in [1.807, 2.05) is 48.6 Å². The van der Waals surface area contributed by atoms with Gasteiger partial charge in [-0.05, 0) is 37.6 Å². The van der Waals surface area contributed by atoms with Gasteiger partial charge in [0.1, 0.15) is 23.4 Å². The second-order valence-corrected chi connectivity index (χ2v) is 5.90. The Labute approximate surface area is 142 Å². The smallest absolute Gasteiger partial charge is 0.212 e. The highest BCUT2D eigenvalue weighted by molar-refractivity contribution is 5.98. The third kappa shape index (κ3) is 3.53. The predicted molar refractivity (Wildman–Crippen MR) is 91.2 cm³/mol. The summed E-state index contributed by atoms with van der Waals surface area (Å²) in [6, 6.07) is 9.26. The molecule has 2 atom stereocenters. The summed E-state index contributed by atoms with van der Waals surface area (Å²) in [5, 5.41) is 0. The van der Waals surface area contributed by atoms with Crippen molar-refractivity contribution in [2.24, 2.45) is 5.92 Å². The molecule has 126 valence electrons. The standard InChI is InChI=1S/C20H22O4/c1-3-4-12-22-16-10-11-17-18(13-16)23-14(2)20(19(17)21)24-15-8-6-5-7-9-15/h5-11,13,17-18H,3-4,12H2,1-2H3. The molecule has 0 saturated carbocycles.